The summed E-state index contributed by atoms with van der Waals surface area (Å²) in [6.07, 6.45) is 1.54. The highest BCUT2D eigenvalue weighted by atomic mass is 16.5. The molecule has 1 heterocycles. The Balaban J connectivity index is 2.15. The van der Waals surface area contributed by atoms with E-state index in [9.17, 15) is 0 Å². The monoisotopic (exact) mass is 250 g/mol. The summed E-state index contributed by atoms with van der Waals surface area (Å²) in [5, 5.41) is 0. The van der Waals surface area contributed by atoms with Gasteiger partial charge >= 0.3 is 0 Å². The lowest BCUT2D eigenvalue weighted by molar-refractivity contribution is 0.121. The zero-order chi connectivity index (χ0) is 13.1. The topological polar surface area (TPSA) is 47.7 Å². The molecule has 0 radical (unpaired) electrons. The van der Waals surface area contributed by atoms with Crippen LogP contribution in [0.4, 0.5) is 11.4 Å². The first-order valence-corrected chi connectivity index (χ1v) is 6.43. The normalized spacial score (nSPS) is 19.6. The molecule has 0 bridgehead atoms. The molecule has 1 fully saturated rings. The van der Waals surface area contributed by atoms with E-state index in [0.29, 0.717) is 6.10 Å². The Morgan fingerprint density at radius 3 is 2.72 bits per heavy atom. The quantitative estimate of drug-likeness (QED) is 0.833. The second kappa shape index (κ2) is 5.48. The lowest BCUT2D eigenvalue weighted by Gasteiger charge is -2.20. The van der Waals surface area contributed by atoms with Gasteiger partial charge in [-0.1, -0.05) is 0 Å². The van der Waals surface area contributed by atoms with E-state index in [-0.39, 0.29) is 6.10 Å². The van der Waals surface area contributed by atoms with Crippen LogP contribution in [-0.2, 0) is 4.74 Å². The number of anilines is 2. The van der Waals surface area contributed by atoms with Crippen molar-refractivity contribution in [2.45, 2.75) is 32.5 Å². The third kappa shape index (κ3) is 3.07. The van der Waals surface area contributed by atoms with E-state index in [1.807, 2.05) is 26.0 Å². The molecular weight excluding hydrogens is 228 g/mol. The summed E-state index contributed by atoms with van der Waals surface area (Å²) < 4.78 is 11.1. The Kier molecular flexibility index (Phi) is 3.97. The van der Waals surface area contributed by atoms with Gasteiger partial charge in [0.05, 0.1) is 12.2 Å². The number of hydrogen-bond acceptors (Lipinski definition) is 4. The van der Waals surface area contributed by atoms with E-state index < -0.39 is 0 Å². The third-order valence-corrected chi connectivity index (χ3v) is 3.13. The molecule has 100 valence electrons. The van der Waals surface area contributed by atoms with Crippen LogP contribution in [0.25, 0.3) is 0 Å². The van der Waals surface area contributed by atoms with Gasteiger partial charge in [-0.05, 0) is 26.3 Å². The van der Waals surface area contributed by atoms with Crippen LogP contribution in [0.3, 0.4) is 0 Å². The molecule has 2 N–H and O–H groups in total. The highest BCUT2D eigenvalue weighted by molar-refractivity contribution is 5.61. The van der Waals surface area contributed by atoms with Gasteiger partial charge in [-0.25, -0.2) is 0 Å². The molecule has 0 aliphatic carbocycles. The van der Waals surface area contributed by atoms with Gasteiger partial charge in [-0.3, -0.25) is 0 Å². The SMILES string of the molecule is COC1CCN(c2cc(N)cc(OC(C)C)c2)C1. The number of ether oxygens (including phenoxy) is 2. The average molecular weight is 250 g/mol. The Morgan fingerprint density at radius 2 is 2.11 bits per heavy atom. The first-order chi connectivity index (χ1) is 8.58. The molecule has 1 saturated heterocycles. The largest absolute Gasteiger partial charge is 0.491 e. The van der Waals surface area contributed by atoms with Crippen molar-refractivity contribution in [1.82, 2.24) is 0 Å². The minimum atomic E-state index is 0.157. The lowest BCUT2D eigenvalue weighted by Crippen LogP contribution is -2.22. The van der Waals surface area contributed by atoms with Gasteiger partial charge < -0.3 is 20.1 Å². The zero-order valence-corrected chi connectivity index (χ0v) is 11.3. The van der Waals surface area contributed by atoms with Crippen molar-refractivity contribution in [3.05, 3.63) is 18.2 Å². The number of nitrogens with two attached hydrogens (primary N) is 1. The fourth-order valence-corrected chi connectivity index (χ4v) is 2.28. The molecule has 0 aromatic heterocycles. The molecular formula is C14H22N2O2. The summed E-state index contributed by atoms with van der Waals surface area (Å²) in [4.78, 5) is 2.29. The Bertz CT molecular complexity index is 407. The standard InChI is InChI=1S/C14H22N2O2/c1-10(2)18-14-7-11(15)6-12(8-14)16-5-4-13(9-16)17-3/h6-8,10,13H,4-5,9,15H2,1-3H3. The van der Waals surface area contributed by atoms with Crippen molar-refractivity contribution >= 4 is 11.4 Å². The average Bonchev–Trinajstić information content (AvgIpc) is 2.75. The third-order valence-electron chi connectivity index (χ3n) is 3.13. The van der Waals surface area contributed by atoms with Crippen LogP contribution in [-0.4, -0.2) is 32.4 Å². The first kappa shape index (κ1) is 13.0. The number of methoxy groups -OCH3 is 1. The summed E-state index contributed by atoms with van der Waals surface area (Å²) in [7, 11) is 1.76. The van der Waals surface area contributed by atoms with Crippen molar-refractivity contribution in [3.63, 3.8) is 0 Å². The van der Waals surface area contributed by atoms with Crippen LogP contribution in [0, 0.1) is 0 Å². The smallest absolute Gasteiger partial charge is 0.123 e. The van der Waals surface area contributed by atoms with Crippen molar-refractivity contribution in [2.75, 3.05) is 30.8 Å². The maximum absolute atomic E-state index is 5.93. The van der Waals surface area contributed by atoms with Crippen LogP contribution in [0.5, 0.6) is 5.75 Å². The lowest BCUT2D eigenvalue weighted by atomic mass is 10.2. The fraction of sp³-hybridized carbons (Fsp3) is 0.571. The minimum Gasteiger partial charge on any atom is -0.491 e. The second-order valence-corrected chi connectivity index (χ2v) is 5.02. The minimum absolute atomic E-state index is 0.157. The molecule has 1 atom stereocenters. The van der Waals surface area contributed by atoms with E-state index >= 15 is 0 Å². The molecule has 4 heteroatoms. The molecule has 4 nitrogen and oxygen atoms in total. The number of benzene rings is 1. The van der Waals surface area contributed by atoms with E-state index in [1.165, 1.54) is 0 Å². The van der Waals surface area contributed by atoms with Gasteiger partial charge in [0.15, 0.2) is 0 Å². The molecule has 1 aliphatic heterocycles. The number of rotatable bonds is 4. The van der Waals surface area contributed by atoms with Gasteiger partial charge in [0.2, 0.25) is 0 Å². The van der Waals surface area contributed by atoms with Crippen LogP contribution in [0.1, 0.15) is 20.3 Å². The van der Waals surface area contributed by atoms with Gasteiger partial charge in [0.1, 0.15) is 5.75 Å². The van der Waals surface area contributed by atoms with Crippen molar-refractivity contribution in [1.29, 1.82) is 0 Å². The van der Waals surface area contributed by atoms with Gasteiger partial charge in [-0.2, -0.15) is 0 Å². The van der Waals surface area contributed by atoms with Crippen LogP contribution in [0.15, 0.2) is 18.2 Å². The number of hydrogen-bond donors (Lipinski definition) is 1. The van der Waals surface area contributed by atoms with E-state index in [0.717, 1.165) is 36.6 Å². The predicted molar refractivity (Wildman–Crippen MR) is 74.2 cm³/mol. The van der Waals surface area contributed by atoms with E-state index in [4.69, 9.17) is 15.2 Å². The molecule has 1 aromatic rings. The highest BCUT2D eigenvalue weighted by Gasteiger charge is 2.22. The molecule has 1 aliphatic rings. The summed E-state index contributed by atoms with van der Waals surface area (Å²) in [6.45, 7) is 5.95. The molecule has 0 spiro atoms. The molecule has 18 heavy (non-hydrogen) atoms. The van der Waals surface area contributed by atoms with E-state index in [1.54, 1.807) is 7.11 Å². The van der Waals surface area contributed by atoms with Crippen LogP contribution < -0.4 is 15.4 Å². The molecule has 2 rings (SSSR count). The Morgan fingerprint density at radius 1 is 1.33 bits per heavy atom. The maximum Gasteiger partial charge on any atom is 0.123 e. The zero-order valence-electron chi connectivity index (χ0n) is 11.3. The molecule has 1 aromatic carbocycles. The number of nitrogens with zero attached hydrogens (tertiary/aromatic N) is 1. The highest BCUT2D eigenvalue weighted by Crippen LogP contribution is 2.29. The van der Waals surface area contributed by atoms with Gasteiger partial charge in [0.25, 0.3) is 0 Å². The predicted octanol–water partition coefficient (Wildman–Crippen LogP) is 2.28. The van der Waals surface area contributed by atoms with Crippen LogP contribution >= 0.6 is 0 Å². The fourth-order valence-electron chi connectivity index (χ4n) is 2.28. The van der Waals surface area contributed by atoms with E-state index in [2.05, 4.69) is 11.0 Å². The van der Waals surface area contributed by atoms with Crippen LogP contribution in [0.2, 0.25) is 0 Å². The van der Waals surface area contributed by atoms with Gasteiger partial charge in [0, 0.05) is 43.7 Å². The summed E-state index contributed by atoms with van der Waals surface area (Å²) in [5.41, 5.74) is 7.79. The maximum atomic E-state index is 5.93. The van der Waals surface area contributed by atoms with Crippen molar-refractivity contribution in [2.24, 2.45) is 0 Å². The summed E-state index contributed by atoms with van der Waals surface area (Å²) in [5.74, 6) is 0.834. The first-order valence-electron chi connectivity index (χ1n) is 6.43. The molecule has 1 unspecified atom stereocenters. The molecule has 0 amide bonds. The summed E-state index contributed by atoms with van der Waals surface area (Å²) >= 11 is 0. The Hall–Kier alpha value is -1.42. The second-order valence-electron chi connectivity index (χ2n) is 5.02. The number of nitrogen functional groups attached to an aromatic ring is 1. The van der Waals surface area contributed by atoms with Gasteiger partial charge in [-0.15, -0.1) is 0 Å². The van der Waals surface area contributed by atoms with Crippen molar-refractivity contribution < 1.29 is 9.47 Å². The van der Waals surface area contributed by atoms with Crippen molar-refractivity contribution in [3.8, 4) is 5.75 Å². The summed E-state index contributed by atoms with van der Waals surface area (Å²) in [6, 6.07) is 5.91. The Labute approximate surface area is 109 Å². The molecule has 0 saturated carbocycles.